The summed E-state index contributed by atoms with van der Waals surface area (Å²) in [7, 11) is 1.56. The summed E-state index contributed by atoms with van der Waals surface area (Å²) in [6, 6.07) is 5.66. The van der Waals surface area contributed by atoms with Gasteiger partial charge >= 0.3 is 5.88 Å². The quantitative estimate of drug-likeness (QED) is 0.510. The SMILES string of the molecule is Cn1cc(C(=O)[O-])c(=O)c2ccc(/C=C/c3ccc([N+](=O)[O-])o3)nc21. The van der Waals surface area contributed by atoms with E-state index in [1.807, 2.05) is 0 Å². The minimum absolute atomic E-state index is 0.148. The van der Waals surface area contributed by atoms with Gasteiger partial charge in [0.15, 0.2) is 5.43 Å². The Balaban J connectivity index is 2.01. The van der Waals surface area contributed by atoms with Gasteiger partial charge in [0.2, 0.25) is 0 Å². The van der Waals surface area contributed by atoms with Crippen molar-refractivity contribution in [2.75, 3.05) is 0 Å². The number of carboxylic acids is 1. The van der Waals surface area contributed by atoms with Crippen LogP contribution in [0.15, 0.2) is 39.7 Å². The van der Waals surface area contributed by atoms with Crippen LogP contribution in [0.3, 0.4) is 0 Å². The summed E-state index contributed by atoms with van der Waals surface area (Å²) < 4.78 is 6.41. The fraction of sp³-hybridized carbons (Fsp3) is 0.0625. The summed E-state index contributed by atoms with van der Waals surface area (Å²) in [5.74, 6) is -1.65. The first kappa shape index (κ1) is 16.1. The van der Waals surface area contributed by atoms with E-state index >= 15 is 0 Å². The van der Waals surface area contributed by atoms with Crippen molar-refractivity contribution >= 4 is 35.0 Å². The van der Waals surface area contributed by atoms with E-state index < -0.39 is 21.9 Å². The highest BCUT2D eigenvalue weighted by molar-refractivity contribution is 5.90. The van der Waals surface area contributed by atoms with Gasteiger partial charge in [-0.1, -0.05) is 0 Å². The first-order valence-corrected chi connectivity index (χ1v) is 7.01. The van der Waals surface area contributed by atoms with Crippen molar-refractivity contribution in [3.8, 4) is 0 Å². The molecule has 0 spiro atoms. The van der Waals surface area contributed by atoms with Gasteiger partial charge < -0.3 is 18.9 Å². The van der Waals surface area contributed by atoms with E-state index in [0.717, 1.165) is 6.20 Å². The molecule has 3 heterocycles. The van der Waals surface area contributed by atoms with Crippen molar-refractivity contribution in [2.45, 2.75) is 0 Å². The average Bonchev–Trinajstić information content (AvgIpc) is 3.05. The van der Waals surface area contributed by atoms with Crippen molar-refractivity contribution in [2.24, 2.45) is 7.05 Å². The number of hydrogen-bond donors (Lipinski definition) is 0. The van der Waals surface area contributed by atoms with Crippen molar-refractivity contribution < 1.29 is 19.2 Å². The van der Waals surface area contributed by atoms with Crippen LogP contribution in [-0.2, 0) is 7.05 Å². The van der Waals surface area contributed by atoms with Crippen LogP contribution in [0, 0.1) is 10.1 Å². The molecule has 3 rings (SSSR count). The Bertz CT molecular complexity index is 1090. The van der Waals surface area contributed by atoms with Crippen LogP contribution >= 0.6 is 0 Å². The standard InChI is InChI=1S/C16H11N3O6/c1-18-8-12(16(21)22)14(20)11-6-3-9(17-15(11)18)2-4-10-5-7-13(25-10)19(23)24/h2-8H,1H3,(H,21,22)/p-1/b4-2+. The molecule has 126 valence electrons. The van der Waals surface area contributed by atoms with E-state index in [0.29, 0.717) is 11.3 Å². The van der Waals surface area contributed by atoms with Crippen LogP contribution < -0.4 is 10.5 Å². The van der Waals surface area contributed by atoms with Crippen molar-refractivity contribution in [3.05, 3.63) is 67.8 Å². The zero-order valence-corrected chi connectivity index (χ0v) is 12.8. The Labute approximate surface area is 139 Å². The molecule has 0 unspecified atom stereocenters. The van der Waals surface area contributed by atoms with Gasteiger partial charge in [-0.15, -0.1) is 0 Å². The highest BCUT2D eigenvalue weighted by Gasteiger charge is 2.11. The molecule has 0 aliphatic heterocycles. The third-order valence-electron chi connectivity index (χ3n) is 3.47. The number of nitro groups is 1. The second-order valence-corrected chi connectivity index (χ2v) is 5.14. The van der Waals surface area contributed by atoms with Gasteiger partial charge in [-0.2, -0.15) is 0 Å². The molecule has 0 aliphatic rings. The van der Waals surface area contributed by atoms with Gasteiger partial charge in [-0.05, 0) is 30.4 Å². The third-order valence-corrected chi connectivity index (χ3v) is 3.47. The Morgan fingerprint density at radius 2 is 2.04 bits per heavy atom. The normalized spacial score (nSPS) is 11.2. The van der Waals surface area contributed by atoms with Gasteiger partial charge in [0, 0.05) is 13.2 Å². The molecular weight excluding hydrogens is 330 g/mol. The lowest BCUT2D eigenvalue weighted by molar-refractivity contribution is -0.402. The number of fused-ring (bicyclic) bond motifs is 1. The van der Waals surface area contributed by atoms with Crippen LogP contribution in [-0.4, -0.2) is 20.4 Å². The number of hydrogen-bond acceptors (Lipinski definition) is 7. The first-order chi connectivity index (χ1) is 11.9. The Morgan fingerprint density at radius 3 is 2.68 bits per heavy atom. The monoisotopic (exact) mass is 340 g/mol. The molecular formula is C16H10N3O6-. The van der Waals surface area contributed by atoms with Gasteiger partial charge in [0.25, 0.3) is 0 Å². The molecule has 0 N–H and O–H groups in total. The zero-order chi connectivity index (χ0) is 18.1. The van der Waals surface area contributed by atoms with Crippen LogP contribution in [0.25, 0.3) is 23.2 Å². The molecule has 9 nitrogen and oxygen atoms in total. The molecule has 0 fully saturated rings. The summed E-state index contributed by atoms with van der Waals surface area (Å²) in [5, 5.41) is 21.7. The molecule has 25 heavy (non-hydrogen) atoms. The predicted octanol–water partition coefficient (Wildman–Crippen LogP) is 0.969. The average molecular weight is 340 g/mol. The lowest BCUT2D eigenvalue weighted by Crippen LogP contribution is -2.30. The van der Waals surface area contributed by atoms with E-state index in [9.17, 15) is 24.8 Å². The fourth-order valence-corrected chi connectivity index (χ4v) is 2.30. The lowest BCUT2D eigenvalue weighted by atomic mass is 10.2. The van der Waals surface area contributed by atoms with Gasteiger partial charge in [-0.25, -0.2) is 4.98 Å². The molecule has 0 saturated carbocycles. The number of pyridine rings is 2. The number of carbonyl (C=O) groups is 1. The van der Waals surface area contributed by atoms with E-state index in [-0.39, 0.29) is 17.0 Å². The number of carbonyl (C=O) groups excluding carboxylic acids is 1. The summed E-state index contributed by atoms with van der Waals surface area (Å²) in [4.78, 5) is 37.3. The Morgan fingerprint density at radius 1 is 1.28 bits per heavy atom. The fourth-order valence-electron chi connectivity index (χ4n) is 2.30. The summed E-state index contributed by atoms with van der Waals surface area (Å²) in [5.41, 5.74) is -0.355. The van der Waals surface area contributed by atoms with Crippen LogP contribution in [0.2, 0.25) is 0 Å². The van der Waals surface area contributed by atoms with Crippen LogP contribution in [0.5, 0.6) is 0 Å². The second-order valence-electron chi connectivity index (χ2n) is 5.14. The minimum Gasteiger partial charge on any atom is -0.545 e. The molecule has 3 aromatic rings. The number of aryl methyl sites for hydroxylation is 1. The van der Waals surface area contributed by atoms with Crippen molar-refractivity contribution in [1.82, 2.24) is 9.55 Å². The molecule has 0 saturated heterocycles. The summed E-state index contributed by atoms with van der Waals surface area (Å²) >= 11 is 0. The van der Waals surface area contributed by atoms with E-state index in [1.54, 1.807) is 13.1 Å². The minimum atomic E-state index is -1.55. The van der Waals surface area contributed by atoms with Crippen molar-refractivity contribution in [3.63, 3.8) is 0 Å². The third kappa shape index (κ3) is 3.02. The second kappa shape index (κ2) is 6.04. The first-order valence-electron chi connectivity index (χ1n) is 7.01. The number of carboxylic acid groups (broad SMARTS) is 1. The van der Waals surface area contributed by atoms with Crippen LogP contribution in [0.1, 0.15) is 21.8 Å². The van der Waals surface area contributed by atoms with E-state index in [4.69, 9.17) is 4.42 Å². The number of furan rings is 1. The zero-order valence-electron chi connectivity index (χ0n) is 12.8. The number of rotatable bonds is 4. The van der Waals surface area contributed by atoms with Crippen LogP contribution in [0.4, 0.5) is 5.88 Å². The molecule has 0 amide bonds. The maximum absolute atomic E-state index is 12.1. The molecule has 3 aromatic heterocycles. The Hall–Kier alpha value is -3.75. The molecule has 0 bridgehead atoms. The summed E-state index contributed by atoms with van der Waals surface area (Å²) in [6.07, 6.45) is 4.20. The molecule has 0 radical (unpaired) electrons. The number of nitrogens with zero attached hydrogens (tertiary/aromatic N) is 3. The van der Waals surface area contributed by atoms with Gasteiger partial charge in [0.1, 0.15) is 16.3 Å². The molecule has 9 heteroatoms. The maximum Gasteiger partial charge on any atom is 0.433 e. The predicted molar refractivity (Wildman–Crippen MR) is 85.6 cm³/mol. The smallest absolute Gasteiger partial charge is 0.433 e. The molecule has 0 aliphatic carbocycles. The number of aromatic nitrogens is 2. The number of aromatic carboxylic acids is 1. The largest absolute Gasteiger partial charge is 0.545 e. The molecule has 0 atom stereocenters. The topological polar surface area (TPSA) is 131 Å². The summed E-state index contributed by atoms with van der Waals surface area (Å²) in [6.45, 7) is 0. The maximum atomic E-state index is 12.1. The van der Waals surface area contributed by atoms with E-state index in [1.165, 1.54) is 34.9 Å². The van der Waals surface area contributed by atoms with E-state index in [2.05, 4.69) is 4.98 Å². The highest BCUT2D eigenvalue weighted by atomic mass is 16.6. The molecule has 0 aromatic carbocycles. The lowest BCUT2D eigenvalue weighted by Gasteiger charge is -2.09. The highest BCUT2D eigenvalue weighted by Crippen LogP contribution is 2.18. The van der Waals surface area contributed by atoms with Gasteiger partial charge in [-0.3, -0.25) is 14.9 Å². The van der Waals surface area contributed by atoms with Gasteiger partial charge in [0.05, 0.1) is 28.7 Å². The Kier molecular flexibility index (Phi) is 3.89. The van der Waals surface area contributed by atoms with Crippen molar-refractivity contribution in [1.29, 1.82) is 0 Å².